The van der Waals surface area contributed by atoms with Gasteiger partial charge in [0.2, 0.25) is 0 Å². The fraction of sp³-hybridized carbons (Fsp3) is 0.476. The number of benzene rings is 1. The molecule has 1 rings (SSSR count). The average Bonchev–Trinajstić information content (AvgIpc) is 2.57. The Labute approximate surface area is 158 Å². The van der Waals surface area contributed by atoms with Gasteiger partial charge in [-0.3, -0.25) is 4.90 Å². The van der Waals surface area contributed by atoms with Crippen molar-refractivity contribution in [3.05, 3.63) is 35.9 Å². The summed E-state index contributed by atoms with van der Waals surface area (Å²) >= 11 is 0. The maximum Gasteiger partial charge on any atom is 0.414 e. The number of amides is 1. The molecule has 0 aliphatic heterocycles. The lowest BCUT2D eigenvalue weighted by atomic mass is 10.0. The first-order chi connectivity index (χ1) is 12.2. The van der Waals surface area contributed by atoms with Gasteiger partial charge in [0.15, 0.2) is 0 Å². The Kier molecular flexibility index (Phi) is 8.47. The Morgan fingerprint density at radius 3 is 2.62 bits per heavy atom. The second-order valence-corrected chi connectivity index (χ2v) is 12.1. The third-order valence-corrected chi connectivity index (χ3v) is 4.73. The number of carbonyl (C=O) groups excluding carboxylic acids is 1. The van der Waals surface area contributed by atoms with Gasteiger partial charge in [0.05, 0.1) is 12.8 Å². The number of carbonyl (C=O) groups is 1. The number of hydrogen-bond donors (Lipinski definition) is 1. The molecule has 0 spiro atoms. The average molecular weight is 374 g/mol. The Morgan fingerprint density at radius 1 is 1.38 bits per heavy atom. The molecule has 1 aromatic rings. The van der Waals surface area contributed by atoms with Crippen LogP contribution < -0.4 is 4.90 Å². The Balaban J connectivity index is 3.41. The van der Waals surface area contributed by atoms with Crippen LogP contribution in [-0.2, 0) is 17.6 Å². The summed E-state index contributed by atoms with van der Waals surface area (Å²) in [5.41, 5.74) is 5.61. The van der Waals surface area contributed by atoms with Gasteiger partial charge in [0.1, 0.15) is 13.8 Å². The number of anilines is 1. The highest BCUT2D eigenvalue weighted by Gasteiger charge is 2.21. The minimum Gasteiger partial charge on any atom is -0.508 e. The van der Waals surface area contributed by atoms with Crippen molar-refractivity contribution in [1.29, 1.82) is 0 Å². The Bertz CT molecular complexity index is 696. The number of aromatic hydroxyl groups is 1. The van der Waals surface area contributed by atoms with Crippen molar-refractivity contribution in [2.24, 2.45) is 0 Å². The Hall–Kier alpha value is -2.19. The number of hydrogen-bond acceptors (Lipinski definition) is 3. The summed E-state index contributed by atoms with van der Waals surface area (Å²) in [5.74, 6) is 3.36. The van der Waals surface area contributed by atoms with E-state index in [1.165, 1.54) is 12.0 Å². The van der Waals surface area contributed by atoms with Crippen molar-refractivity contribution in [3.63, 3.8) is 0 Å². The number of unbranched alkanes of at least 4 members (excludes halogenated alkanes) is 1. The maximum atomic E-state index is 12.3. The first kappa shape index (κ1) is 21.8. The lowest BCUT2D eigenvalue weighted by Crippen LogP contribution is -2.31. The number of methoxy groups -OCH3 is 1. The molecule has 0 radical (unpaired) electrons. The molecule has 4 nitrogen and oxygen atoms in total. The summed E-state index contributed by atoms with van der Waals surface area (Å²) in [4.78, 5) is 13.8. The van der Waals surface area contributed by atoms with Crippen molar-refractivity contribution in [2.75, 3.05) is 18.6 Å². The van der Waals surface area contributed by atoms with Crippen LogP contribution in [0.2, 0.25) is 19.6 Å². The number of ether oxygens (including phenoxy) is 1. The molecule has 1 N–H and O–H groups in total. The molecule has 0 unspecified atom stereocenters. The predicted octanol–water partition coefficient (Wildman–Crippen LogP) is 4.92. The molecule has 5 heteroatoms. The molecule has 1 amide bonds. The highest BCUT2D eigenvalue weighted by Crippen LogP contribution is 2.32. The molecule has 0 aromatic heterocycles. The van der Waals surface area contributed by atoms with Crippen molar-refractivity contribution in [2.45, 2.75) is 52.2 Å². The zero-order valence-electron chi connectivity index (χ0n) is 16.7. The quantitative estimate of drug-likeness (QED) is 0.419. The molecule has 0 atom stereocenters. The molecule has 26 heavy (non-hydrogen) atoms. The van der Waals surface area contributed by atoms with Crippen molar-refractivity contribution in [1.82, 2.24) is 0 Å². The highest BCUT2D eigenvalue weighted by molar-refractivity contribution is 6.83. The van der Waals surface area contributed by atoms with Gasteiger partial charge < -0.3 is 9.84 Å². The lowest BCUT2D eigenvalue weighted by Gasteiger charge is -2.24. The SMILES string of the molecule is C=CCN(C(=O)OC)c1cc(CCCC)cc(O)c1CC#C[Si](C)(C)C. The molecule has 0 saturated heterocycles. The van der Waals surface area contributed by atoms with Gasteiger partial charge in [-0.15, -0.1) is 18.0 Å². The van der Waals surface area contributed by atoms with E-state index < -0.39 is 14.2 Å². The van der Waals surface area contributed by atoms with Gasteiger partial charge in [-0.05, 0) is 30.5 Å². The largest absolute Gasteiger partial charge is 0.508 e. The monoisotopic (exact) mass is 373 g/mol. The summed E-state index contributed by atoms with van der Waals surface area (Å²) < 4.78 is 4.92. The van der Waals surface area contributed by atoms with Crippen LogP contribution >= 0.6 is 0 Å². The van der Waals surface area contributed by atoms with E-state index in [0.717, 1.165) is 24.8 Å². The second-order valence-electron chi connectivity index (χ2n) is 7.31. The molecule has 0 bridgehead atoms. The molecule has 142 valence electrons. The van der Waals surface area contributed by atoms with E-state index in [1.54, 1.807) is 12.1 Å². The molecule has 0 aliphatic carbocycles. The number of nitrogens with zero attached hydrogens (tertiary/aromatic N) is 1. The van der Waals surface area contributed by atoms with E-state index >= 15 is 0 Å². The van der Waals surface area contributed by atoms with E-state index in [9.17, 15) is 9.90 Å². The van der Waals surface area contributed by atoms with Crippen LogP contribution in [0.15, 0.2) is 24.8 Å². The van der Waals surface area contributed by atoms with Crippen LogP contribution in [0.1, 0.15) is 30.9 Å². The number of rotatable bonds is 7. The standard InChI is InChI=1S/C21H31NO3Si/c1-7-9-11-17-15-19(22(13-8-2)21(24)25-3)18(20(23)16-17)12-10-14-26(4,5)6/h8,15-16,23H,2,7,9,11-13H2,1,3-6H3. The van der Waals surface area contributed by atoms with E-state index in [0.29, 0.717) is 24.2 Å². The van der Waals surface area contributed by atoms with E-state index in [4.69, 9.17) is 4.74 Å². The van der Waals surface area contributed by atoms with Crippen molar-refractivity contribution < 1.29 is 14.6 Å². The fourth-order valence-corrected chi connectivity index (χ4v) is 3.17. The fourth-order valence-electron chi connectivity index (χ4n) is 2.55. The molecule has 1 aromatic carbocycles. The summed E-state index contributed by atoms with van der Waals surface area (Å²) in [6.07, 6.45) is 4.49. The first-order valence-corrected chi connectivity index (χ1v) is 12.5. The van der Waals surface area contributed by atoms with Gasteiger partial charge in [-0.1, -0.05) is 39.1 Å². The van der Waals surface area contributed by atoms with Crippen LogP contribution in [-0.4, -0.2) is 32.9 Å². The smallest absolute Gasteiger partial charge is 0.414 e. The topological polar surface area (TPSA) is 49.8 Å². The zero-order chi connectivity index (χ0) is 19.7. The molecule has 0 heterocycles. The lowest BCUT2D eigenvalue weighted by molar-refractivity contribution is 0.179. The summed E-state index contributed by atoms with van der Waals surface area (Å²) in [6.45, 7) is 12.7. The summed E-state index contributed by atoms with van der Waals surface area (Å²) in [7, 11) is -0.159. The van der Waals surface area contributed by atoms with Crippen LogP contribution in [0.25, 0.3) is 0 Å². The molecular formula is C21H31NO3Si. The number of phenolic OH excluding ortho intramolecular Hbond substituents is 1. The second kappa shape index (κ2) is 10.1. The van der Waals surface area contributed by atoms with Gasteiger partial charge in [-0.2, -0.15) is 0 Å². The van der Waals surface area contributed by atoms with Crippen LogP contribution in [0.3, 0.4) is 0 Å². The van der Waals surface area contributed by atoms with Gasteiger partial charge in [0.25, 0.3) is 0 Å². The van der Waals surface area contributed by atoms with Crippen molar-refractivity contribution in [3.8, 4) is 17.2 Å². The Morgan fingerprint density at radius 2 is 2.08 bits per heavy atom. The molecule has 0 saturated carbocycles. The zero-order valence-corrected chi connectivity index (χ0v) is 17.7. The van der Waals surface area contributed by atoms with Crippen molar-refractivity contribution >= 4 is 19.9 Å². The van der Waals surface area contributed by atoms with Gasteiger partial charge in [-0.25, -0.2) is 4.79 Å². The number of aryl methyl sites for hydroxylation is 1. The predicted molar refractivity (Wildman–Crippen MR) is 111 cm³/mol. The van der Waals surface area contributed by atoms with Crippen LogP contribution in [0, 0.1) is 11.5 Å². The maximum absolute atomic E-state index is 12.3. The first-order valence-electron chi connectivity index (χ1n) is 9.04. The summed E-state index contributed by atoms with van der Waals surface area (Å²) in [6, 6.07) is 3.75. The third kappa shape index (κ3) is 6.60. The van der Waals surface area contributed by atoms with E-state index in [2.05, 4.69) is 44.6 Å². The molecule has 0 aliphatic rings. The van der Waals surface area contributed by atoms with E-state index in [-0.39, 0.29) is 5.75 Å². The van der Waals surface area contributed by atoms with Gasteiger partial charge >= 0.3 is 6.09 Å². The van der Waals surface area contributed by atoms with Crippen LogP contribution in [0.5, 0.6) is 5.75 Å². The number of phenols is 1. The third-order valence-electron chi connectivity index (χ3n) is 3.81. The normalized spacial score (nSPS) is 10.7. The summed E-state index contributed by atoms with van der Waals surface area (Å²) in [5, 5.41) is 10.6. The minimum absolute atomic E-state index is 0.177. The molecule has 0 fully saturated rings. The minimum atomic E-state index is -1.51. The van der Waals surface area contributed by atoms with E-state index in [1.807, 2.05) is 6.07 Å². The molecular weight excluding hydrogens is 342 g/mol. The van der Waals surface area contributed by atoms with Crippen LogP contribution in [0.4, 0.5) is 10.5 Å². The van der Waals surface area contributed by atoms with Gasteiger partial charge in [0, 0.05) is 18.5 Å². The highest BCUT2D eigenvalue weighted by atomic mass is 28.3.